The Hall–Kier alpha value is -3.29. The lowest BCUT2D eigenvalue weighted by Gasteiger charge is -2.08. The van der Waals surface area contributed by atoms with Gasteiger partial charge in [-0.3, -0.25) is 9.20 Å². The van der Waals surface area contributed by atoms with E-state index in [0.29, 0.717) is 18.5 Å². The molecule has 0 saturated heterocycles. The number of pyridine rings is 1. The van der Waals surface area contributed by atoms with E-state index in [1.54, 1.807) is 10.7 Å². The maximum Gasteiger partial charge on any atom is 0.254 e. The zero-order valence-electron chi connectivity index (χ0n) is 14.0. The first-order chi connectivity index (χ1) is 12.1. The quantitative estimate of drug-likeness (QED) is 0.608. The van der Waals surface area contributed by atoms with Crippen LogP contribution in [0.25, 0.3) is 11.3 Å². The number of aromatic nitrogens is 6. The summed E-state index contributed by atoms with van der Waals surface area (Å²) in [5, 5.41) is 15.5. The van der Waals surface area contributed by atoms with E-state index >= 15 is 0 Å². The van der Waals surface area contributed by atoms with Crippen LogP contribution < -0.4 is 5.32 Å². The van der Waals surface area contributed by atoms with Crippen LogP contribution in [0.1, 0.15) is 27.6 Å². The van der Waals surface area contributed by atoms with Crippen molar-refractivity contribution in [3.8, 4) is 0 Å². The number of hydrogen-bond donors (Lipinski definition) is 1. The molecule has 0 radical (unpaired) electrons. The van der Waals surface area contributed by atoms with E-state index in [4.69, 9.17) is 0 Å². The summed E-state index contributed by atoms with van der Waals surface area (Å²) in [5.74, 6) is 0.637. The molecule has 0 aromatic carbocycles. The van der Waals surface area contributed by atoms with Gasteiger partial charge in [0.05, 0.1) is 17.0 Å². The maximum atomic E-state index is 12.5. The minimum atomic E-state index is -0.172. The molecule has 0 aliphatic carbocycles. The number of nitrogens with one attached hydrogen (secondary N) is 1. The Labute approximate surface area is 143 Å². The van der Waals surface area contributed by atoms with Crippen LogP contribution in [-0.2, 0) is 6.42 Å². The zero-order chi connectivity index (χ0) is 17.4. The second kappa shape index (κ2) is 5.97. The molecule has 126 valence electrons. The van der Waals surface area contributed by atoms with Gasteiger partial charge in [-0.25, -0.2) is 9.50 Å². The number of amides is 1. The molecule has 8 nitrogen and oxygen atoms in total. The number of aryl methyl sites for hydroxylation is 2. The fourth-order valence-corrected chi connectivity index (χ4v) is 2.83. The van der Waals surface area contributed by atoms with E-state index < -0.39 is 0 Å². The first kappa shape index (κ1) is 15.3. The van der Waals surface area contributed by atoms with Crippen molar-refractivity contribution in [3.05, 3.63) is 59.4 Å². The molecule has 0 fully saturated rings. The van der Waals surface area contributed by atoms with Crippen molar-refractivity contribution in [2.24, 2.45) is 0 Å². The molecule has 0 bridgehead atoms. The van der Waals surface area contributed by atoms with Crippen molar-refractivity contribution < 1.29 is 4.79 Å². The highest BCUT2D eigenvalue weighted by molar-refractivity contribution is 5.95. The van der Waals surface area contributed by atoms with E-state index in [1.807, 2.05) is 48.7 Å². The molecule has 0 atom stereocenters. The van der Waals surface area contributed by atoms with Gasteiger partial charge in [0.2, 0.25) is 0 Å². The van der Waals surface area contributed by atoms with Crippen molar-refractivity contribution in [1.29, 1.82) is 0 Å². The normalized spacial score (nSPS) is 11.3. The van der Waals surface area contributed by atoms with Gasteiger partial charge in [-0.1, -0.05) is 6.07 Å². The third kappa shape index (κ3) is 2.71. The second-order valence-corrected chi connectivity index (χ2v) is 5.86. The smallest absolute Gasteiger partial charge is 0.254 e. The van der Waals surface area contributed by atoms with Crippen LogP contribution in [0.3, 0.4) is 0 Å². The first-order valence-electron chi connectivity index (χ1n) is 8.02. The Balaban J connectivity index is 1.48. The molecule has 8 heteroatoms. The van der Waals surface area contributed by atoms with E-state index in [2.05, 4.69) is 25.6 Å². The molecular formula is C17H17N7O. The molecule has 4 aromatic heterocycles. The fourth-order valence-electron chi connectivity index (χ4n) is 2.83. The van der Waals surface area contributed by atoms with Gasteiger partial charge in [0, 0.05) is 31.4 Å². The predicted octanol–water partition coefficient (Wildman–Crippen LogP) is 1.36. The molecule has 4 heterocycles. The highest BCUT2D eigenvalue weighted by Gasteiger charge is 2.14. The number of rotatable bonds is 4. The molecule has 1 amide bonds. The van der Waals surface area contributed by atoms with Crippen LogP contribution in [-0.4, -0.2) is 41.6 Å². The topological polar surface area (TPSA) is 89.5 Å². The number of carbonyl (C=O) groups excluding carboxylic acids is 1. The summed E-state index contributed by atoms with van der Waals surface area (Å²) in [7, 11) is 0. The third-order valence-corrected chi connectivity index (χ3v) is 4.11. The Morgan fingerprint density at radius 3 is 2.96 bits per heavy atom. The lowest BCUT2D eigenvalue weighted by Crippen LogP contribution is -2.27. The van der Waals surface area contributed by atoms with Crippen LogP contribution in [0.15, 0.2) is 36.7 Å². The Morgan fingerprint density at radius 2 is 2.08 bits per heavy atom. The SMILES string of the molecule is Cc1cc2ncc(C(=O)NCCc3nnc4ccccn34)c(C)n2n1. The Morgan fingerprint density at radius 1 is 1.20 bits per heavy atom. The van der Waals surface area contributed by atoms with Crippen LogP contribution in [0.4, 0.5) is 0 Å². The number of fused-ring (bicyclic) bond motifs is 2. The predicted molar refractivity (Wildman–Crippen MR) is 91.5 cm³/mol. The first-order valence-corrected chi connectivity index (χ1v) is 8.02. The molecule has 25 heavy (non-hydrogen) atoms. The van der Waals surface area contributed by atoms with E-state index in [-0.39, 0.29) is 5.91 Å². The fraction of sp³-hybridized carbons (Fsp3) is 0.235. The average Bonchev–Trinajstić information content (AvgIpc) is 3.19. The molecule has 0 unspecified atom stereocenters. The summed E-state index contributed by atoms with van der Waals surface area (Å²) in [6, 6.07) is 7.61. The summed E-state index contributed by atoms with van der Waals surface area (Å²) in [5.41, 5.74) is 3.68. The van der Waals surface area contributed by atoms with Gasteiger partial charge in [0.25, 0.3) is 5.91 Å². The van der Waals surface area contributed by atoms with Gasteiger partial charge >= 0.3 is 0 Å². The molecule has 4 aromatic rings. The maximum absolute atomic E-state index is 12.5. The van der Waals surface area contributed by atoms with E-state index in [9.17, 15) is 4.79 Å². The summed E-state index contributed by atoms with van der Waals surface area (Å²) >= 11 is 0. The molecule has 1 N–H and O–H groups in total. The van der Waals surface area contributed by atoms with E-state index in [0.717, 1.165) is 28.5 Å². The molecule has 0 aliphatic heterocycles. The average molecular weight is 335 g/mol. The van der Waals surface area contributed by atoms with E-state index in [1.165, 1.54) is 0 Å². The van der Waals surface area contributed by atoms with Gasteiger partial charge in [-0.05, 0) is 26.0 Å². The lowest BCUT2D eigenvalue weighted by atomic mass is 10.2. The lowest BCUT2D eigenvalue weighted by molar-refractivity contribution is 0.0952. The highest BCUT2D eigenvalue weighted by atomic mass is 16.1. The van der Waals surface area contributed by atoms with Crippen molar-refractivity contribution in [2.45, 2.75) is 20.3 Å². The Kier molecular flexibility index (Phi) is 3.64. The standard InChI is InChI=1S/C17H17N7O/c1-11-9-16-19-10-13(12(2)24(16)22-11)17(25)18-7-6-15-21-20-14-5-3-4-8-23(14)15/h3-5,8-10H,6-7H2,1-2H3,(H,18,25). The van der Waals surface area contributed by atoms with Crippen molar-refractivity contribution in [3.63, 3.8) is 0 Å². The highest BCUT2D eigenvalue weighted by Crippen LogP contribution is 2.11. The van der Waals surface area contributed by atoms with Crippen LogP contribution in [0.2, 0.25) is 0 Å². The van der Waals surface area contributed by atoms with Gasteiger partial charge < -0.3 is 5.32 Å². The van der Waals surface area contributed by atoms with Gasteiger partial charge in [0.1, 0.15) is 5.82 Å². The number of carbonyl (C=O) groups is 1. The van der Waals surface area contributed by atoms with Gasteiger partial charge in [0.15, 0.2) is 11.3 Å². The third-order valence-electron chi connectivity index (χ3n) is 4.11. The molecule has 4 rings (SSSR count). The molecule has 0 aliphatic rings. The summed E-state index contributed by atoms with van der Waals surface area (Å²) in [4.78, 5) is 16.8. The summed E-state index contributed by atoms with van der Waals surface area (Å²) in [6.07, 6.45) is 4.09. The zero-order valence-corrected chi connectivity index (χ0v) is 14.0. The van der Waals surface area contributed by atoms with Gasteiger partial charge in [-0.15, -0.1) is 10.2 Å². The van der Waals surface area contributed by atoms with Crippen molar-refractivity contribution >= 4 is 17.2 Å². The largest absolute Gasteiger partial charge is 0.351 e. The van der Waals surface area contributed by atoms with Gasteiger partial charge in [-0.2, -0.15) is 5.10 Å². The molecule has 0 saturated carbocycles. The van der Waals surface area contributed by atoms with Crippen molar-refractivity contribution in [1.82, 2.24) is 34.5 Å². The monoisotopic (exact) mass is 335 g/mol. The minimum absolute atomic E-state index is 0.172. The number of hydrogen-bond acceptors (Lipinski definition) is 5. The van der Waals surface area contributed by atoms with Crippen molar-refractivity contribution in [2.75, 3.05) is 6.54 Å². The van der Waals surface area contributed by atoms with Crippen LogP contribution >= 0.6 is 0 Å². The van der Waals surface area contributed by atoms with Crippen LogP contribution in [0.5, 0.6) is 0 Å². The molecular weight excluding hydrogens is 318 g/mol. The minimum Gasteiger partial charge on any atom is -0.351 e. The Bertz CT molecular complexity index is 1080. The molecule has 0 spiro atoms. The second-order valence-electron chi connectivity index (χ2n) is 5.86. The van der Waals surface area contributed by atoms with Crippen LogP contribution in [0, 0.1) is 13.8 Å². The summed E-state index contributed by atoms with van der Waals surface area (Å²) in [6.45, 7) is 4.23. The summed E-state index contributed by atoms with van der Waals surface area (Å²) < 4.78 is 3.60. The number of nitrogens with zero attached hydrogens (tertiary/aromatic N) is 6.